The predicted molar refractivity (Wildman–Crippen MR) is 83.7 cm³/mol. The largest absolute Gasteiger partial charge is 0.460 e. The lowest BCUT2D eigenvalue weighted by molar-refractivity contribution is -0.161. The minimum Gasteiger partial charge on any atom is -0.460 e. The van der Waals surface area contributed by atoms with Gasteiger partial charge in [0, 0.05) is 19.3 Å². The molecular weight excluding hydrogens is 337 g/mol. The Hall–Kier alpha value is -2.12. The molecule has 0 saturated carbocycles. The predicted octanol–water partition coefficient (Wildman–Crippen LogP) is 3.29. The zero-order valence-corrected chi connectivity index (χ0v) is 14.4. The number of ether oxygens (including phenoxy) is 1. The van der Waals surface area contributed by atoms with Gasteiger partial charge in [0.1, 0.15) is 11.3 Å². The van der Waals surface area contributed by atoms with Gasteiger partial charge >= 0.3 is 12.1 Å². The van der Waals surface area contributed by atoms with Crippen LogP contribution in [0.4, 0.5) is 13.2 Å². The number of aromatic nitrogens is 1. The molecule has 1 atom stereocenters. The molecule has 25 heavy (non-hydrogen) atoms. The molecular formula is C17H21F3N2O3. The van der Waals surface area contributed by atoms with Crippen LogP contribution in [0.5, 0.6) is 0 Å². The average molecular weight is 358 g/mol. The number of halogens is 3. The Labute approximate surface area is 144 Å². The highest BCUT2D eigenvalue weighted by atomic mass is 19.4. The van der Waals surface area contributed by atoms with Gasteiger partial charge < -0.3 is 9.64 Å². The minimum atomic E-state index is -4.67. The number of hydrogen-bond acceptors (Lipinski definition) is 4. The SMILES string of the molecule is CC(C)(C)OC(=O)[C@@H]1CCCN(C(=O)c2ncccc2C(F)(F)F)C1. The number of amides is 1. The van der Waals surface area contributed by atoms with Gasteiger partial charge in [-0.25, -0.2) is 0 Å². The van der Waals surface area contributed by atoms with Crippen molar-refractivity contribution in [2.75, 3.05) is 13.1 Å². The first-order valence-corrected chi connectivity index (χ1v) is 8.03. The second-order valence-electron chi connectivity index (χ2n) is 7.02. The lowest BCUT2D eigenvalue weighted by Crippen LogP contribution is -2.44. The highest BCUT2D eigenvalue weighted by Crippen LogP contribution is 2.32. The molecule has 0 aromatic carbocycles. The molecule has 1 fully saturated rings. The quantitative estimate of drug-likeness (QED) is 0.761. The van der Waals surface area contributed by atoms with Crippen molar-refractivity contribution in [1.29, 1.82) is 0 Å². The summed E-state index contributed by atoms with van der Waals surface area (Å²) in [7, 11) is 0. The number of hydrogen-bond donors (Lipinski definition) is 0. The van der Waals surface area contributed by atoms with Crippen LogP contribution in [-0.4, -0.2) is 40.5 Å². The summed E-state index contributed by atoms with van der Waals surface area (Å²) in [5.41, 5.74) is -2.37. The van der Waals surface area contributed by atoms with Crippen LogP contribution in [0, 0.1) is 5.92 Å². The van der Waals surface area contributed by atoms with Gasteiger partial charge in [-0.05, 0) is 45.7 Å². The topological polar surface area (TPSA) is 59.5 Å². The third-order valence-corrected chi connectivity index (χ3v) is 3.76. The average Bonchev–Trinajstić information content (AvgIpc) is 2.52. The van der Waals surface area contributed by atoms with Gasteiger partial charge in [-0.1, -0.05) is 0 Å². The van der Waals surface area contributed by atoms with Gasteiger partial charge in [0.05, 0.1) is 11.5 Å². The van der Waals surface area contributed by atoms with Crippen LogP contribution in [0.3, 0.4) is 0 Å². The minimum absolute atomic E-state index is 0.0294. The van der Waals surface area contributed by atoms with E-state index in [0.29, 0.717) is 12.8 Å². The van der Waals surface area contributed by atoms with Crippen LogP contribution < -0.4 is 0 Å². The summed E-state index contributed by atoms with van der Waals surface area (Å²) in [6.45, 7) is 5.52. The van der Waals surface area contributed by atoms with E-state index in [1.807, 2.05) is 0 Å². The lowest BCUT2D eigenvalue weighted by atomic mass is 9.97. The summed E-state index contributed by atoms with van der Waals surface area (Å²) in [5, 5.41) is 0. The second kappa shape index (κ2) is 7.01. The zero-order chi connectivity index (χ0) is 18.8. The fourth-order valence-electron chi connectivity index (χ4n) is 2.69. The molecule has 2 rings (SSSR count). The summed E-state index contributed by atoms with van der Waals surface area (Å²) in [6.07, 6.45) is -2.46. The van der Waals surface area contributed by atoms with Gasteiger partial charge in [-0.2, -0.15) is 13.2 Å². The maximum atomic E-state index is 13.1. The van der Waals surface area contributed by atoms with E-state index in [9.17, 15) is 22.8 Å². The van der Waals surface area contributed by atoms with Crippen molar-refractivity contribution in [1.82, 2.24) is 9.88 Å². The maximum absolute atomic E-state index is 13.1. The molecule has 1 aliphatic rings. The Morgan fingerprint density at radius 1 is 1.28 bits per heavy atom. The van der Waals surface area contributed by atoms with Gasteiger partial charge in [0.25, 0.3) is 5.91 Å². The fourth-order valence-corrected chi connectivity index (χ4v) is 2.69. The third kappa shape index (κ3) is 4.93. The Morgan fingerprint density at radius 2 is 1.96 bits per heavy atom. The summed E-state index contributed by atoms with van der Waals surface area (Å²) in [6, 6.07) is 1.97. The number of carbonyl (C=O) groups excluding carboxylic acids is 2. The van der Waals surface area contributed by atoms with E-state index >= 15 is 0 Å². The number of rotatable bonds is 2. The van der Waals surface area contributed by atoms with E-state index in [1.54, 1.807) is 20.8 Å². The van der Waals surface area contributed by atoms with Crippen molar-refractivity contribution in [3.05, 3.63) is 29.6 Å². The molecule has 1 amide bonds. The van der Waals surface area contributed by atoms with Crippen molar-refractivity contribution < 1.29 is 27.5 Å². The third-order valence-electron chi connectivity index (χ3n) is 3.76. The van der Waals surface area contributed by atoms with E-state index in [4.69, 9.17) is 4.74 Å². The van der Waals surface area contributed by atoms with E-state index in [0.717, 1.165) is 18.3 Å². The van der Waals surface area contributed by atoms with Crippen LogP contribution in [0.25, 0.3) is 0 Å². The number of esters is 1. The van der Waals surface area contributed by atoms with Crippen molar-refractivity contribution in [3.8, 4) is 0 Å². The smallest absolute Gasteiger partial charge is 0.418 e. The maximum Gasteiger partial charge on any atom is 0.418 e. The Bertz CT molecular complexity index is 653. The Kier molecular flexibility index (Phi) is 5.39. The molecule has 1 aromatic rings. The van der Waals surface area contributed by atoms with Crippen LogP contribution >= 0.6 is 0 Å². The van der Waals surface area contributed by atoms with Gasteiger partial charge in [0.2, 0.25) is 0 Å². The summed E-state index contributed by atoms with van der Waals surface area (Å²) < 4.78 is 44.6. The Balaban J connectivity index is 2.17. The molecule has 8 heteroatoms. The molecule has 0 spiro atoms. The molecule has 138 valence electrons. The summed E-state index contributed by atoms with van der Waals surface area (Å²) in [4.78, 5) is 29.6. The molecule has 0 bridgehead atoms. The van der Waals surface area contributed by atoms with Crippen LogP contribution in [-0.2, 0) is 15.7 Å². The van der Waals surface area contributed by atoms with Crippen LogP contribution in [0.15, 0.2) is 18.3 Å². The fraction of sp³-hybridized carbons (Fsp3) is 0.588. The molecule has 1 aliphatic heterocycles. The second-order valence-corrected chi connectivity index (χ2v) is 7.02. The standard InChI is InChI=1S/C17H21F3N2O3/c1-16(2,3)25-15(24)11-6-5-9-22(10-11)14(23)13-12(17(18,19)20)7-4-8-21-13/h4,7-8,11H,5-6,9-10H2,1-3H3/t11-/m1/s1. The zero-order valence-electron chi connectivity index (χ0n) is 14.4. The molecule has 2 heterocycles. The molecule has 0 aliphatic carbocycles. The van der Waals surface area contributed by atoms with Gasteiger partial charge in [0.15, 0.2) is 0 Å². The molecule has 5 nitrogen and oxygen atoms in total. The lowest BCUT2D eigenvalue weighted by Gasteiger charge is -2.33. The van der Waals surface area contributed by atoms with E-state index in [-0.39, 0.29) is 13.1 Å². The van der Waals surface area contributed by atoms with E-state index < -0.39 is 40.8 Å². The first-order chi connectivity index (χ1) is 11.5. The monoisotopic (exact) mass is 358 g/mol. The van der Waals surface area contributed by atoms with Gasteiger partial charge in [-0.15, -0.1) is 0 Å². The highest BCUT2D eigenvalue weighted by molar-refractivity contribution is 5.94. The van der Waals surface area contributed by atoms with Crippen molar-refractivity contribution in [2.24, 2.45) is 5.92 Å². The number of piperidine rings is 1. The summed E-state index contributed by atoms with van der Waals surface area (Å²) >= 11 is 0. The number of alkyl halides is 3. The normalized spacial score (nSPS) is 18.8. The van der Waals surface area contributed by atoms with Crippen molar-refractivity contribution >= 4 is 11.9 Å². The summed E-state index contributed by atoms with van der Waals surface area (Å²) in [5.74, 6) is -1.81. The number of likely N-dealkylation sites (tertiary alicyclic amines) is 1. The number of pyridine rings is 1. The molecule has 1 aromatic heterocycles. The molecule has 0 N–H and O–H groups in total. The van der Waals surface area contributed by atoms with E-state index in [1.165, 1.54) is 4.90 Å². The molecule has 1 saturated heterocycles. The first-order valence-electron chi connectivity index (χ1n) is 8.03. The first kappa shape index (κ1) is 19.2. The molecule has 0 unspecified atom stereocenters. The van der Waals surface area contributed by atoms with Crippen LogP contribution in [0.2, 0.25) is 0 Å². The van der Waals surface area contributed by atoms with E-state index in [2.05, 4.69) is 4.98 Å². The highest BCUT2D eigenvalue weighted by Gasteiger charge is 2.39. The molecule has 0 radical (unpaired) electrons. The van der Waals surface area contributed by atoms with Crippen molar-refractivity contribution in [2.45, 2.75) is 45.4 Å². The Morgan fingerprint density at radius 3 is 2.56 bits per heavy atom. The number of carbonyl (C=O) groups is 2. The van der Waals surface area contributed by atoms with Crippen LogP contribution in [0.1, 0.15) is 49.7 Å². The van der Waals surface area contributed by atoms with Gasteiger partial charge in [-0.3, -0.25) is 14.6 Å². The van der Waals surface area contributed by atoms with Crippen molar-refractivity contribution in [3.63, 3.8) is 0 Å². The number of nitrogens with zero attached hydrogens (tertiary/aromatic N) is 2.